The third kappa shape index (κ3) is 4.04. The van der Waals surface area contributed by atoms with Crippen LogP contribution in [0.4, 0.5) is 0 Å². The first-order chi connectivity index (χ1) is 10.4. The summed E-state index contributed by atoms with van der Waals surface area (Å²) in [5, 5.41) is 3.92. The number of rotatable bonds is 6. The summed E-state index contributed by atoms with van der Waals surface area (Å²) in [4.78, 5) is 18.4. The summed E-state index contributed by atoms with van der Waals surface area (Å²) >= 11 is 1.57. The van der Waals surface area contributed by atoms with Crippen molar-refractivity contribution in [2.75, 3.05) is 19.1 Å². The van der Waals surface area contributed by atoms with Crippen LogP contribution < -0.4 is 0 Å². The molecule has 2 aromatic rings. The van der Waals surface area contributed by atoms with Gasteiger partial charge in [-0.3, -0.25) is 9.00 Å². The Bertz CT molecular complexity index is 664. The van der Waals surface area contributed by atoms with Crippen LogP contribution >= 0.6 is 11.3 Å². The van der Waals surface area contributed by atoms with Crippen LogP contribution in [0.25, 0.3) is 11.5 Å². The maximum atomic E-state index is 12.3. The highest BCUT2D eigenvalue weighted by molar-refractivity contribution is 7.84. The Morgan fingerprint density at radius 3 is 2.86 bits per heavy atom. The molecular formula is C15H20N2O3S2. The molecule has 0 aromatic carbocycles. The van der Waals surface area contributed by atoms with Crippen molar-refractivity contribution < 1.29 is 13.4 Å². The molecule has 0 unspecified atom stereocenters. The predicted octanol–water partition coefficient (Wildman–Crippen LogP) is 2.48. The summed E-state index contributed by atoms with van der Waals surface area (Å²) < 4.78 is 16.9. The highest BCUT2D eigenvalue weighted by Gasteiger charge is 2.20. The predicted molar refractivity (Wildman–Crippen MR) is 89.4 cm³/mol. The molecule has 0 aliphatic heterocycles. The molecule has 0 bridgehead atoms. The van der Waals surface area contributed by atoms with Gasteiger partial charge in [0.25, 0.3) is 0 Å². The molecule has 0 fully saturated rings. The van der Waals surface area contributed by atoms with Gasteiger partial charge in [0.15, 0.2) is 0 Å². The molecule has 120 valence electrons. The van der Waals surface area contributed by atoms with Gasteiger partial charge in [-0.2, -0.15) is 11.3 Å². The fourth-order valence-electron chi connectivity index (χ4n) is 2.07. The first-order valence-corrected chi connectivity index (χ1v) is 9.60. The summed E-state index contributed by atoms with van der Waals surface area (Å²) in [5.41, 5.74) is 1.58. The number of hydrogen-bond donors (Lipinski definition) is 0. The minimum Gasteiger partial charge on any atom is -0.441 e. The highest BCUT2D eigenvalue weighted by Crippen LogP contribution is 2.24. The zero-order valence-corrected chi connectivity index (χ0v) is 14.8. The van der Waals surface area contributed by atoms with Crippen molar-refractivity contribution in [3.8, 4) is 11.5 Å². The van der Waals surface area contributed by atoms with Crippen LogP contribution in [0, 0.1) is 6.92 Å². The zero-order chi connectivity index (χ0) is 16.3. The van der Waals surface area contributed by atoms with Gasteiger partial charge >= 0.3 is 0 Å². The van der Waals surface area contributed by atoms with E-state index >= 15 is 0 Å². The third-order valence-electron chi connectivity index (χ3n) is 3.51. The number of hydrogen-bond acceptors (Lipinski definition) is 5. The van der Waals surface area contributed by atoms with Gasteiger partial charge in [-0.1, -0.05) is 0 Å². The smallest absolute Gasteiger partial charge is 0.228 e. The topological polar surface area (TPSA) is 63.4 Å². The molecule has 0 radical (unpaired) electrons. The normalized spacial score (nSPS) is 13.8. The Morgan fingerprint density at radius 1 is 1.55 bits per heavy atom. The second kappa shape index (κ2) is 7.19. The van der Waals surface area contributed by atoms with Crippen LogP contribution in [0.3, 0.4) is 0 Å². The molecule has 22 heavy (non-hydrogen) atoms. The van der Waals surface area contributed by atoms with Crippen LogP contribution in [-0.4, -0.2) is 45.1 Å². The van der Waals surface area contributed by atoms with Gasteiger partial charge < -0.3 is 9.32 Å². The van der Waals surface area contributed by atoms with E-state index in [1.54, 1.807) is 29.5 Å². The second-order valence-corrected chi connectivity index (χ2v) is 7.56. The number of nitrogens with zero attached hydrogens (tertiary/aromatic N) is 2. The molecule has 2 aromatic heterocycles. The van der Waals surface area contributed by atoms with Crippen molar-refractivity contribution in [2.45, 2.75) is 26.3 Å². The molecule has 5 nitrogen and oxygen atoms in total. The van der Waals surface area contributed by atoms with Crippen molar-refractivity contribution in [1.82, 2.24) is 9.88 Å². The van der Waals surface area contributed by atoms with E-state index in [0.29, 0.717) is 23.1 Å². The van der Waals surface area contributed by atoms with E-state index < -0.39 is 10.8 Å². The van der Waals surface area contributed by atoms with Crippen molar-refractivity contribution in [2.24, 2.45) is 0 Å². The van der Waals surface area contributed by atoms with Crippen molar-refractivity contribution in [1.29, 1.82) is 0 Å². The summed E-state index contributed by atoms with van der Waals surface area (Å²) in [6.07, 6.45) is 1.83. The van der Waals surface area contributed by atoms with E-state index in [0.717, 1.165) is 5.56 Å². The molecule has 0 aliphatic rings. The van der Waals surface area contributed by atoms with Gasteiger partial charge in [0.2, 0.25) is 11.8 Å². The minimum absolute atomic E-state index is 0.0498. The molecule has 0 aliphatic carbocycles. The lowest BCUT2D eigenvalue weighted by molar-refractivity contribution is -0.130. The van der Waals surface area contributed by atoms with Crippen LogP contribution in [0.5, 0.6) is 0 Å². The molecule has 2 rings (SSSR count). The van der Waals surface area contributed by atoms with E-state index in [2.05, 4.69) is 4.98 Å². The Hall–Kier alpha value is -1.47. The van der Waals surface area contributed by atoms with Crippen molar-refractivity contribution in [3.05, 3.63) is 28.3 Å². The summed E-state index contributed by atoms with van der Waals surface area (Å²) in [5.74, 6) is 1.63. The third-order valence-corrected chi connectivity index (χ3v) is 5.14. The number of likely N-dealkylation sites (N-methyl/N-ethyl adjacent to an activating group) is 1. The molecule has 1 amide bonds. The highest BCUT2D eigenvalue weighted by atomic mass is 32.2. The fraction of sp³-hybridized carbons (Fsp3) is 0.467. The number of thiophene rings is 1. The quantitative estimate of drug-likeness (QED) is 0.810. The summed E-state index contributed by atoms with van der Waals surface area (Å²) in [6, 6.07) is 1.87. The number of amides is 1. The minimum atomic E-state index is -0.927. The van der Waals surface area contributed by atoms with Crippen LogP contribution in [0.2, 0.25) is 0 Å². The lowest BCUT2D eigenvalue weighted by Crippen LogP contribution is -2.39. The number of aromatic nitrogens is 1. The van der Waals surface area contributed by atoms with Crippen LogP contribution in [0.15, 0.2) is 21.2 Å². The summed E-state index contributed by atoms with van der Waals surface area (Å²) in [6.45, 7) is 3.71. The second-order valence-electron chi connectivity index (χ2n) is 5.30. The van der Waals surface area contributed by atoms with E-state index in [1.807, 2.05) is 30.7 Å². The largest absolute Gasteiger partial charge is 0.441 e. The molecule has 2 atom stereocenters. The average Bonchev–Trinajstić information content (AvgIpc) is 3.07. The zero-order valence-electron chi connectivity index (χ0n) is 13.2. The molecule has 0 N–H and O–H groups in total. The number of carbonyl (C=O) groups excluding carboxylic acids is 1. The van der Waals surface area contributed by atoms with E-state index in [1.165, 1.54) is 0 Å². The van der Waals surface area contributed by atoms with Gasteiger partial charge in [-0.25, -0.2) is 4.98 Å². The van der Waals surface area contributed by atoms with E-state index in [-0.39, 0.29) is 18.4 Å². The molecular weight excluding hydrogens is 320 g/mol. The van der Waals surface area contributed by atoms with Gasteiger partial charge in [-0.05, 0) is 25.3 Å². The van der Waals surface area contributed by atoms with E-state index in [4.69, 9.17) is 4.42 Å². The number of aryl methyl sites for hydroxylation is 1. The maximum absolute atomic E-state index is 12.3. The number of carbonyl (C=O) groups is 1. The Labute approximate surface area is 136 Å². The Morgan fingerprint density at radius 2 is 2.27 bits per heavy atom. The fourth-order valence-corrected chi connectivity index (χ4v) is 3.60. The number of oxazole rings is 1. The van der Waals surface area contributed by atoms with Gasteiger partial charge in [0.05, 0.1) is 12.1 Å². The maximum Gasteiger partial charge on any atom is 0.228 e. The van der Waals surface area contributed by atoms with Crippen molar-refractivity contribution in [3.63, 3.8) is 0 Å². The van der Waals surface area contributed by atoms with Crippen molar-refractivity contribution >= 4 is 28.0 Å². The Kier molecular flexibility index (Phi) is 5.52. The van der Waals surface area contributed by atoms with Crippen LogP contribution in [-0.2, 0) is 22.0 Å². The lowest BCUT2D eigenvalue weighted by atomic mass is 10.2. The molecule has 0 spiro atoms. The molecule has 7 heteroatoms. The summed E-state index contributed by atoms with van der Waals surface area (Å²) in [7, 11) is 0.804. The average molecular weight is 340 g/mol. The van der Waals surface area contributed by atoms with Gasteiger partial charge in [0.1, 0.15) is 5.76 Å². The lowest BCUT2D eigenvalue weighted by Gasteiger charge is -2.23. The molecule has 2 heterocycles. The van der Waals surface area contributed by atoms with Crippen LogP contribution in [0.1, 0.15) is 18.4 Å². The van der Waals surface area contributed by atoms with Gasteiger partial charge in [-0.15, -0.1) is 0 Å². The Balaban J connectivity index is 2.07. The van der Waals surface area contributed by atoms with E-state index in [9.17, 15) is 9.00 Å². The molecule has 0 saturated heterocycles. The monoisotopic (exact) mass is 340 g/mol. The first-order valence-electron chi connectivity index (χ1n) is 6.93. The SMILES string of the molecule is Cc1oc(-c2ccsc2)nc1CC(=O)N(C)[C@H](C)C[S@](C)=O. The first kappa shape index (κ1) is 16.9. The molecule has 0 saturated carbocycles. The standard InChI is InChI=1S/C15H20N2O3S2/c1-10(9-22(4)19)17(3)14(18)7-13-11(2)20-15(16-13)12-5-6-21-8-12/h5-6,8,10H,7,9H2,1-4H3/t10-,22+/m1/s1. The van der Waals surface area contributed by atoms with Gasteiger partial charge in [0, 0.05) is 46.8 Å².